The number of ether oxygens (including phenoxy) is 1. The van der Waals surface area contributed by atoms with Crippen molar-refractivity contribution < 1.29 is 9.26 Å². The number of fused-ring (bicyclic) bond motifs is 2. The lowest BCUT2D eigenvalue weighted by molar-refractivity contribution is 0.363. The van der Waals surface area contributed by atoms with Crippen LogP contribution in [0.2, 0.25) is 0 Å². The maximum atomic E-state index is 12.7. The molecule has 0 spiro atoms. The zero-order chi connectivity index (χ0) is 21.1. The third-order valence-electron chi connectivity index (χ3n) is 6.40. The molecule has 6 rings (SSSR count). The molecule has 10 heteroatoms. The summed E-state index contributed by atoms with van der Waals surface area (Å²) in [5.74, 6) is 3.37. The van der Waals surface area contributed by atoms with Gasteiger partial charge < -0.3 is 18.7 Å². The predicted molar refractivity (Wildman–Crippen MR) is 111 cm³/mol. The summed E-state index contributed by atoms with van der Waals surface area (Å²) in [5.41, 5.74) is 1.89. The monoisotopic (exact) mass is 419 g/mol. The predicted octanol–water partition coefficient (Wildman–Crippen LogP) is 1.42. The van der Waals surface area contributed by atoms with E-state index >= 15 is 0 Å². The number of methoxy groups -OCH3 is 1. The van der Waals surface area contributed by atoms with Gasteiger partial charge in [0.25, 0.3) is 5.56 Å². The third-order valence-corrected chi connectivity index (χ3v) is 6.40. The molecule has 1 aliphatic carbocycles. The molecule has 4 heterocycles. The van der Waals surface area contributed by atoms with Crippen LogP contribution in [0.1, 0.15) is 17.6 Å². The second-order valence-corrected chi connectivity index (χ2v) is 8.21. The Kier molecular flexibility index (Phi) is 3.89. The van der Waals surface area contributed by atoms with Crippen LogP contribution in [0.5, 0.6) is 5.75 Å². The molecule has 2 fully saturated rings. The van der Waals surface area contributed by atoms with Gasteiger partial charge in [-0.25, -0.2) is 9.97 Å². The van der Waals surface area contributed by atoms with Crippen LogP contribution >= 0.6 is 0 Å². The minimum atomic E-state index is -0.179. The van der Waals surface area contributed by atoms with Crippen molar-refractivity contribution in [2.24, 2.45) is 18.9 Å². The van der Waals surface area contributed by atoms with Crippen molar-refractivity contribution in [3.8, 4) is 5.75 Å². The highest BCUT2D eigenvalue weighted by Crippen LogP contribution is 2.58. The Hall–Kier alpha value is -3.69. The zero-order valence-corrected chi connectivity index (χ0v) is 17.2. The first-order valence-corrected chi connectivity index (χ1v) is 10.2. The average Bonchev–Trinajstić information content (AvgIpc) is 3.21. The lowest BCUT2D eigenvalue weighted by Crippen LogP contribution is -2.23. The van der Waals surface area contributed by atoms with Gasteiger partial charge in [0.1, 0.15) is 18.6 Å². The number of anilines is 1. The average molecular weight is 419 g/mol. The van der Waals surface area contributed by atoms with Crippen LogP contribution in [-0.4, -0.2) is 49.4 Å². The Labute approximate surface area is 177 Å². The summed E-state index contributed by atoms with van der Waals surface area (Å²) in [6.07, 6.45) is 3.05. The third kappa shape index (κ3) is 2.89. The highest BCUT2D eigenvalue weighted by molar-refractivity contribution is 5.68. The summed E-state index contributed by atoms with van der Waals surface area (Å²) < 4.78 is 13.9. The van der Waals surface area contributed by atoms with E-state index in [0.29, 0.717) is 34.8 Å². The summed E-state index contributed by atoms with van der Waals surface area (Å²) in [7, 11) is 3.46. The van der Waals surface area contributed by atoms with E-state index in [4.69, 9.17) is 9.26 Å². The Morgan fingerprint density at radius 2 is 2.00 bits per heavy atom. The highest BCUT2D eigenvalue weighted by Gasteiger charge is 2.58. The second kappa shape index (κ2) is 6.66. The van der Waals surface area contributed by atoms with Crippen LogP contribution in [0.25, 0.3) is 11.2 Å². The molecule has 0 radical (unpaired) electrons. The van der Waals surface area contributed by atoms with E-state index in [1.165, 1.54) is 16.6 Å². The van der Waals surface area contributed by atoms with Gasteiger partial charge in [-0.05, 0) is 24.0 Å². The number of hydrogen-bond acceptors (Lipinski definition) is 8. The molecule has 0 amide bonds. The van der Waals surface area contributed by atoms with Gasteiger partial charge in [-0.2, -0.15) is 4.98 Å². The van der Waals surface area contributed by atoms with Gasteiger partial charge in [0, 0.05) is 37.8 Å². The first-order valence-electron chi connectivity index (χ1n) is 10.2. The fourth-order valence-electron chi connectivity index (χ4n) is 4.73. The van der Waals surface area contributed by atoms with Crippen LogP contribution in [-0.2, 0) is 13.6 Å². The SMILES string of the molecule is COc1cccc(N2C[C@@H]3[C@H](C2)[C@@H]3c2noc(Cn3cnc4ncn(C)c4c3=O)n2)c1. The molecule has 2 aliphatic rings. The van der Waals surface area contributed by atoms with Crippen molar-refractivity contribution in [1.29, 1.82) is 0 Å². The fraction of sp³-hybridized carbons (Fsp3) is 0.381. The van der Waals surface area contributed by atoms with E-state index in [0.717, 1.165) is 24.7 Å². The van der Waals surface area contributed by atoms with Gasteiger partial charge in [0.15, 0.2) is 17.0 Å². The number of aromatic nitrogens is 6. The molecule has 1 aliphatic heterocycles. The lowest BCUT2D eigenvalue weighted by atomic mass is 10.2. The maximum Gasteiger partial charge on any atom is 0.280 e. The number of hydrogen-bond donors (Lipinski definition) is 0. The molecule has 0 unspecified atom stereocenters. The molecule has 0 N–H and O–H groups in total. The van der Waals surface area contributed by atoms with E-state index in [-0.39, 0.29) is 12.1 Å². The molecule has 0 bridgehead atoms. The zero-order valence-electron chi connectivity index (χ0n) is 17.2. The topological polar surface area (TPSA) is 104 Å². The number of nitrogens with zero attached hydrogens (tertiary/aromatic N) is 7. The van der Waals surface area contributed by atoms with Gasteiger partial charge in [-0.1, -0.05) is 11.2 Å². The maximum absolute atomic E-state index is 12.7. The van der Waals surface area contributed by atoms with Crippen LogP contribution in [0.4, 0.5) is 5.69 Å². The molecule has 3 atom stereocenters. The van der Waals surface area contributed by atoms with Gasteiger partial charge >= 0.3 is 0 Å². The molecule has 10 nitrogen and oxygen atoms in total. The van der Waals surface area contributed by atoms with Crippen LogP contribution in [0.3, 0.4) is 0 Å². The van der Waals surface area contributed by atoms with Crippen molar-refractivity contribution in [2.45, 2.75) is 12.5 Å². The molecular formula is C21H21N7O3. The molecule has 1 aromatic carbocycles. The van der Waals surface area contributed by atoms with Crippen LogP contribution in [0, 0.1) is 11.8 Å². The Bertz CT molecular complexity index is 1330. The van der Waals surface area contributed by atoms with E-state index in [2.05, 4.69) is 37.1 Å². The van der Waals surface area contributed by atoms with E-state index < -0.39 is 0 Å². The lowest BCUT2D eigenvalue weighted by Gasteiger charge is -2.21. The molecule has 1 saturated carbocycles. The quantitative estimate of drug-likeness (QED) is 0.478. The van der Waals surface area contributed by atoms with Crippen molar-refractivity contribution in [1.82, 2.24) is 29.2 Å². The van der Waals surface area contributed by atoms with E-state index in [9.17, 15) is 4.79 Å². The number of aryl methyl sites for hydroxylation is 1. The normalized spacial score (nSPS) is 22.1. The van der Waals surface area contributed by atoms with Crippen molar-refractivity contribution in [2.75, 3.05) is 25.1 Å². The number of piperidine rings is 1. The van der Waals surface area contributed by atoms with Gasteiger partial charge in [-0.15, -0.1) is 0 Å². The smallest absolute Gasteiger partial charge is 0.280 e. The van der Waals surface area contributed by atoms with Crippen LogP contribution < -0.4 is 15.2 Å². The van der Waals surface area contributed by atoms with Crippen LogP contribution in [0.15, 0.2) is 46.2 Å². The largest absolute Gasteiger partial charge is 0.497 e. The standard InChI is InChI=1S/C21H21N7O3/c1-26-10-22-20-18(26)21(29)28(11-23-20)9-16-24-19(25-31-16)17-14-7-27(8-15(14)17)12-4-3-5-13(6-12)30-2/h3-6,10-11,14-15,17H,7-9H2,1-2H3/t14-,15+,17-. The summed E-state index contributed by atoms with van der Waals surface area (Å²) in [6.45, 7) is 2.12. The molecule has 1 saturated heterocycles. The summed E-state index contributed by atoms with van der Waals surface area (Å²) in [5, 5.41) is 4.20. The first-order chi connectivity index (χ1) is 15.1. The molecule has 31 heavy (non-hydrogen) atoms. The first kappa shape index (κ1) is 18.1. The molecule has 3 aromatic heterocycles. The van der Waals surface area contributed by atoms with E-state index in [1.807, 2.05) is 12.1 Å². The molecular weight excluding hydrogens is 398 g/mol. The summed E-state index contributed by atoms with van der Waals surface area (Å²) in [6, 6.07) is 8.15. The van der Waals surface area contributed by atoms with Crippen molar-refractivity contribution in [3.05, 3.63) is 59.0 Å². The fourth-order valence-corrected chi connectivity index (χ4v) is 4.73. The van der Waals surface area contributed by atoms with Gasteiger partial charge in [0.2, 0.25) is 5.89 Å². The van der Waals surface area contributed by atoms with Crippen molar-refractivity contribution >= 4 is 16.9 Å². The number of rotatable bonds is 5. The minimum absolute atomic E-state index is 0.179. The van der Waals surface area contributed by atoms with Crippen molar-refractivity contribution in [3.63, 3.8) is 0 Å². The minimum Gasteiger partial charge on any atom is -0.497 e. The summed E-state index contributed by atoms with van der Waals surface area (Å²) >= 11 is 0. The number of benzene rings is 1. The Balaban J connectivity index is 1.16. The molecule has 4 aromatic rings. The highest BCUT2D eigenvalue weighted by atomic mass is 16.5. The summed E-state index contributed by atoms with van der Waals surface area (Å²) in [4.78, 5) is 28.0. The van der Waals surface area contributed by atoms with Gasteiger partial charge in [-0.3, -0.25) is 9.36 Å². The molecule has 158 valence electrons. The second-order valence-electron chi connectivity index (χ2n) is 8.21. The van der Waals surface area contributed by atoms with E-state index in [1.54, 1.807) is 25.1 Å². The van der Waals surface area contributed by atoms with Gasteiger partial charge in [0.05, 0.1) is 13.4 Å². The Morgan fingerprint density at radius 1 is 1.19 bits per heavy atom. The Morgan fingerprint density at radius 3 is 2.81 bits per heavy atom. The number of imidazole rings is 1.